The van der Waals surface area contributed by atoms with Crippen LogP contribution in [0.4, 0.5) is 0 Å². The molecule has 1 aromatic rings. The van der Waals surface area contributed by atoms with E-state index < -0.39 is 0 Å². The van der Waals surface area contributed by atoms with E-state index in [1.165, 1.54) is 43.8 Å². The average Bonchev–Trinajstić information content (AvgIpc) is 2.36. The maximum atomic E-state index is 5.81. The summed E-state index contributed by atoms with van der Waals surface area (Å²) in [6.07, 6.45) is 1.22. The van der Waals surface area contributed by atoms with Crippen LogP contribution in [0.5, 0.6) is 0 Å². The van der Waals surface area contributed by atoms with Crippen LogP contribution in [0.25, 0.3) is 0 Å². The van der Waals surface area contributed by atoms with Gasteiger partial charge < -0.3 is 0 Å². The van der Waals surface area contributed by atoms with E-state index in [0.29, 0.717) is 0 Å². The van der Waals surface area contributed by atoms with Crippen molar-refractivity contribution >= 4 is 33.9 Å². The van der Waals surface area contributed by atoms with Gasteiger partial charge in [0.05, 0.1) is 0 Å². The van der Waals surface area contributed by atoms with Crippen LogP contribution in [-0.2, 0) is 6.42 Å². The monoisotopic (exact) mass is 275 g/mol. The summed E-state index contributed by atoms with van der Waals surface area (Å²) in [5, 5.41) is 2.14. The summed E-state index contributed by atoms with van der Waals surface area (Å²) in [6, 6.07) is 2.43. The Bertz CT molecular complexity index is 220. The van der Waals surface area contributed by atoms with Crippen molar-refractivity contribution in [2.24, 2.45) is 5.73 Å². The van der Waals surface area contributed by atoms with Gasteiger partial charge in [-0.25, -0.2) is 0 Å². The molecule has 2 N–H and O–H groups in total. The van der Waals surface area contributed by atoms with Crippen molar-refractivity contribution in [3.05, 3.63) is 21.9 Å². The van der Waals surface area contributed by atoms with Crippen LogP contribution in [0.15, 0.2) is 11.4 Å². The molecule has 0 saturated heterocycles. The quantitative estimate of drug-likeness (QED) is 0.833. The second-order valence-corrected chi connectivity index (χ2v) is 5.23. The minimum atomic E-state index is 0.220. The fraction of sp³-hybridized carbons (Fsp3) is 0.500. The predicted octanol–water partition coefficient (Wildman–Crippen LogP) is 1.63. The van der Waals surface area contributed by atoms with Crippen LogP contribution in [-0.4, -0.2) is 22.5 Å². The molecule has 0 saturated carbocycles. The molecule has 0 aromatic carbocycles. The van der Waals surface area contributed by atoms with E-state index in [1.807, 2.05) is 0 Å². The van der Waals surface area contributed by atoms with Gasteiger partial charge in [-0.15, -0.1) is 0 Å². The molecule has 1 nitrogen and oxygen atoms in total. The molecule has 0 amide bonds. The van der Waals surface area contributed by atoms with E-state index in [0.717, 1.165) is 0 Å². The number of hydrogen-bond donors (Lipinski definition) is 1. The van der Waals surface area contributed by atoms with Gasteiger partial charge in [0.15, 0.2) is 0 Å². The van der Waals surface area contributed by atoms with Gasteiger partial charge in [-0.05, 0) is 0 Å². The zero-order valence-corrected chi connectivity index (χ0v) is 10.8. The Morgan fingerprint density at radius 3 is 3.00 bits per heavy atom. The van der Waals surface area contributed by atoms with Crippen molar-refractivity contribution in [3.8, 4) is 0 Å². The summed E-state index contributed by atoms with van der Waals surface area (Å²) in [4.78, 5) is 1.37. The van der Waals surface area contributed by atoms with E-state index in [1.54, 1.807) is 11.3 Å². The SMILES string of the molecule is CC(N)c1sccc1C[CH2][SnH]. The van der Waals surface area contributed by atoms with Crippen molar-refractivity contribution in [1.82, 2.24) is 0 Å². The van der Waals surface area contributed by atoms with Crippen LogP contribution in [0.2, 0.25) is 4.44 Å². The summed E-state index contributed by atoms with van der Waals surface area (Å²) in [7, 11) is 0. The maximum absolute atomic E-state index is 5.81. The first-order valence-corrected chi connectivity index (χ1v) is 6.98. The number of nitrogens with two attached hydrogens (primary N) is 1. The Morgan fingerprint density at radius 1 is 1.73 bits per heavy atom. The Labute approximate surface area is 85.1 Å². The van der Waals surface area contributed by atoms with Crippen LogP contribution >= 0.6 is 11.3 Å². The van der Waals surface area contributed by atoms with Crippen molar-refractivity contribution in [2.45, 2.75) is 23.8 Å². The van der Waals surface area contributed by atoms with E-state index >= 15 is 0 Å². The molecule has 2 radical (unpaired) electrons. The first-order valence-electron chi connectivity index (χ1n) is 3.77. The van der Waals surface area contributed by atoms with Gasteiger partial charge in [-0.3, -0.25) is 0 Å². The molecule has 0 aliphatic rings. The minimum absolute atomic E-state index is 0.220. The third kappa shape index (κ3) is 2.46. The van der Waals surface area contributed by atoms with Crippen LogP contribution in [0.1, 0.15) is 23.4 Å². The average molecular weight is 274 g/mol. The molecular formula is C8H13NSSn. The fourth-order valence-electron chi connectivity index (χ4n) is 1.11. The van der Waals surface area contributed by atoms with Gasteiger partial charge >= 0.3 is 85.3 Å². The van der Waals surface area contributed by atoms with E-state index in [9.17, 15) is 0 Å². The molecule has 1 heterocycles. The number of thiophene rings is 1. The van der Waals surface area contributed by atoms with Gasteiger partial charge in [0.1, 0.15) is 0 Å². The first-order chi connectivity index (χ1) is 5.25. The third-order valence-corrected chi connectivity index (χ3v) is 3.59. The van der Waals surface area contributed by atoms with Gasteiger partial charge in [0.2, 0.25) is 0 Å². The summed E-state index contributed by atoms with van der Waals surface area (Å²) in [5.74, 6) is 0. The fourth-order valence-corrected chi connectivity index (χ4v) is 2.91. The molecule has 0 spiro atoms. The normalized spacial score (nSPS) is 13.4. The summed E-state index contributed by atoms with van der Waals surface area (Å²) in [5.41, 5.74) is 7.28. The van der Waals surface area contributed by atoms with Crippen molar-refractivity contribution in [3.63, 3.8) is 0 Å². The molecule has 0 bridgehead atoms. The molecule has 11 heavy (non-hydrogen) atoms. The Hall–Kier alpha value is 0.459. The Kier molecular flexibility index (Phi) is 3.88. The molecule has 0 fully saturated rings. The zero-order chi connectivity index (χ0) is 8.27. The molecule has 1 aromatic heterocycles. The Morgan fingerprint density at radius 2 is 2.45 bits per heavy atom. The van der Waals surface area contributed by atoms with E-state index in [-0.39, 0.29) is 6.04 Å². The van der Waals surface area contributed by atoms with Gasteiger partial charge in [0.25, 0.3) is 0 Å². The van der Waals surface area contributed by atoms with Crippen LogP contribution < -0.4 is 5.73 Å². The predicted molar refractivity (Wildman–Crippen MR) is 52.6 cm³/mol. The van der Waals surface area contributed by atoms with Crippen molar-refractivity contribution < 1.29 is 0 Å². The molecule has 1 unspecified atom stereocenters. The molecule has 0 aliphatic heterocycles. The number of rotatable bonds is 3. The standard InChI is InChI=1S/C8H12NS.Sn.H/c1-3-7-4-5-10-8(7)6(2)9;;/h4-6H,1,3,9H2,2H3;;. The van der Waals surface area contributed by atoms with Gasteiger partial charge in [0, 0.05) is 0 Å². The first kappa shape index (κ1) is 9.55. The molecular weight excluding hydrogens is 261 g/mol. The summed E-state index contributed by atoms with van der Waals surface area (Å²) >= 11 is 3.14. The summed E-state index contributed by atoms with van der Waals surface area (Å²) < 4.78 is 1.33. The van der Waals surface area contributed by atoms with Crippen molar-refractivity contribution in [1.29, 1.82) is 0 Å². The molecule has 1 rings (SSSR count). The topological polar surface area (TPSA) is 26.0 Å². The second-order valence-electron chi connectivity index (χ2n) is 2.64. The summed E-state index contributed by atoms with van der Waals surface area (Å²) in [6.45, 7) is 2.06. The van der Waals surface area contributed by atoms with E-state index in [2.05, 4.69) is 18.4 Å². The molecule has 0 aliphatic carbocycles. The van der Waals surface area contributed by atoms with Crippen LogP contribution in [0, 0.1) is 0 Å². The van der Waals surface area contributed by atoms with Crippen molar-refractivity contribution in [2.75, 3.05) is 0 Å². The van der Waals surface area contributed by atoms with Gasteiger partial charge in [-0.1, -0.05) is 0 Å². The number of hydrogen-bond acceptors (Lipinski definition) is 2. The van der Waals surface area contributed by atoms with Crippen LogP contribution in [0.3, 0.4) is 0 Å². The zero-order valence-electron chi connectivity index (χ0n) is 6.71. The third-order valence-electron chi connectivity index (χ3n) is 1.61. The second kappa shape index (κ2) is 4.48. The molecule has 60 valence electrons. The Balaban J connectivity index is 2.78. The van der Waals surface area contributed by atoms with E-state index in [4.69, 9.17) is 5.73 Å². The number of aryl methyl sites for hydroxylation is 1. The molecule has 3 heteroatoms. The van der Waals surface area contributed by atoms with Gasteiger partial charge in [-0.2, -0.15) is 0 Å². The molecule has 1 atom stereocenters.